The van der Waals surface area contributed by atoms with E-state index in [0.29, 0.717) is 17.9 Å². The summed E-state index contributed by atoms with van der Waals surface area (Å²) in [4.78, 5) is 16.7. The maximum absolute atomic E-state index is 14.5. The van der Waals surface area contributed by atoms with Gasteiger partial charge in [-0.1, -0.05) is 18.2 Å². The van der Waals surface area contributed by atoms with Crippen LogP contribution in [0, 0.1) is 23.3 Å². The average molecular weight is 415 g/mol. The van der Waals surface area contributed by atoms with Crippen molar-refractivity contribution in [2.75, 3.05) is 7.11 Å². The SMILES string of the molecule is COc1cncc(C2=C(c3c(F)cc(F)cc3F)C(=O)OC2c2ccccc2F)c1. The molecular weight excluding hydrogens is 402 g/mol. The second kappa shape index (κ2) is 7.62. The van der Waals surface area contributed by atoms with E-state index in [4.69, 9.17) is 9.47 Å². The molecule has 30 heavy (non-hydrogen) atoms. The Hall–Kier alpha value is -3.68. The number of carbonyl (C=O) groups excluding carboxylic acids is 1. The Morgan fingerprint density at radius 2 is 1.67 bits per heavy atom. The van der Waals surface area contributed by atoms with Gasteiger partial charge in [0.25, 0.3) is 0 Å². The number of rotatable bonds is 4. The molecule has 0 saturated carbocycles. The van der Waals surface area contributed by atoms with E-state index in [1.165, 1.54) is 49.8 Å². The first-order valence-electron chi connectivity index (χ1n) is 8.74. The third-order valence-corrected chi connectivity index (χ3v) is 4.66. The van der Waals surface area contributed by atoms with Crippen LogP contribution in [0.5, 0.6) is 5.75 Å². The van der Waals surface area contributed by atoms with E-state index >= 15 is 0 Å². The second-order valence-electron chi connectivity index (χ2n) is 6.45. The molecule has 1 aliphatic heterocycles. The van der Waals surface area contributed by atoms with Gasteiger partial charge < -0.3 is 9.47 Å². The molecule has 1 aliphatic rings. The molecule has 0 saturated heterocycles. The minimum absolute atomic E-state index is 0.0124. The Bertz CT molecular complexity index is 1170. The van der Waals surface area contributed by atoms with Crippen molar-refractivity contribution in [1.29, 1.82) is 0 Å². The predicted octanol–water partition coefficient (Wildman–Crippen LogP) is 4.86. The average Bonchev–Trinajstić information content (AvgIpc) is 3.04. The summed E-state index contributed by atoms with van der Waals surface area (Å²) in [6.45, 7) is 0. The lowest BCUT2D eigenvalue weighted by molar-refractivity contribution is -0.137. The number of esters is 1. The summed E-state index contributed by atoms with van der Waals surface area (Å²) in [7, 11) is 1.39. The zero-order valence-electron chi connectivity index (χ0n) is 15.5. The van der Waals surface area contributed by atoms with Crippen molar-refractivity contribution in [1.82, 2.24) is 4.98 Å². The van der Waals surface area contributed by atoms with E-state index in [9.17, 15) is 22.4 Å². The van der Waals surface area contributed by atoms with Crippen molar-refractivity contribution in [3.63, 3.8) is 0 Å². The number of cyclic esters (lactones) is 1. The van der Waals surface area contributed by atoms with Crippen molar-refractivity contribution in [3.8, 4) is 5.75 Å². The minimum atomic E-state index is -1.30. The van der Waals surface area contributed by atoms with Crippen LogP contribution in [0.2, 0.25) is 0 Å². The lowest BCUT2D eigenvalue weighted by atomic mass is 9.90. The van der Waals surface area contributed by atoms with Gasteiger partial charge >= 0.3 is 5.97 Å². The molecule has 4 nitrogen and oxygen atoms in total. The molecule has 0 radical (unpaired) electrons. The molecule has 3 aromatic rings. The van der Waals surface area contributed by atoms with E-state index in [-0.39, 0.29) is 16.7 Å². The Labute approximate surface area is 168 Å². The number of aromatic nitrogens is 1. The lowest BCUT2D eigenvalue weighted by Crippen LogP contribution is -2.06. The molecule has 1 aromatic heterocycles. The Kier molecular flexibility index (Phi) is 4.99. The van der Waals surface area contributed by atoms with Gasteiger partial charge in [0.15, 0.2) is 6.10 Å². The second-order valence-corrected chi connectivity index (χ2v) is 6.45. The molecule has 0 aliphatic carbocycles. The van der Waals surface area contributed by atoms with Gasteiger partial charge in [0.2, 0.25) is 0 Å². The highest BCUT2D eigenvalue weighted by Crippen LogP contribution is 2.47. The van der Waals surface area contributed by atoms with Crippen molar-refractivity contribution in [2.24, 2.45) is 0 Å². The van der Waals surface area contributed by atoms with E-state index in [0.717, 1.165) is 0 Å². The van der Waals surface area contributed by atoms with Gasteiger partial charge in [-0.25, -0.2) is 22.4 Å². The summed E-state index contributed by atoms with van der Waals surface area (Å²) < 4.78 is 67.5. The molecule has 1 atom stereocenters. The molecule has 2 aromatic carbocycles. The van der Waals surface area contributed by atoms with Gasteiger partial charge in [-0.2, -0.15) is 0 Å². The smallest absolute Gasteiger partial charge is 0.340 e. The lowest BCUT2D eigenvalue weighted by Gasteiger charge is -2.16. The number of nitrogens with zero attached hydrogens (tertiary/aromatic N) is 1. The number of hydrogen-bond donors (Lipinski definition) is 0. The van der Waals surface area contributed by atoms with Crippen LogP contribution < -0.4 is 4.74 Å². The Morgan fingerprint density at radius 3 is 2.33 bits per heavy atom. The first kappa shape index (κ1) is 19.6. The fraction of sp³-hybridized carbons (Fsp3) is 0.0909. The maximum atomic E-state index is 14.5. The largest absolute Gasteiger partial charge is 0.495 e. The fourth-order valence-corrected chi connectivity index (χ4v) is 3.36. The van der Waals surface area contributed by atoms with Crippen LogP contribution in [0.3, 0.4) is 0 Å². The molecule has 4 rings (SSSR count). The monoisotopic (exact) mass is 415 g/mol. The van der Waals surface area contributed by atoms with Crippen LogP contribution in [0.25, 0.3) is 11.1 Å². The summed E-state index contributed by atoms with van der Waals surface area (Å²) in [6, 6.07) is 7.92. The number of pyridine rings is 1. The molecule has 1 unspecified atom stereocenters. The van der Waals surface area contributed by atoms with Gasteiger partial charge in [-0.05, 0) is 12.1 Å². The molecule has 152 valence electrons. The summed E-state index contributed by atoms with van der Waals surface area (Å²) in [5.74, 6) is -5.18. The molecule has 8 heteroatoms. The van der Waals surface area contributed by atoms with Crippen LogP contribution in [-0.4, -0.2) is 18.1 Å². The Morgan fingerprint density at radius 1 is 0.967 bits per heavy atom. The molecule has 0 fully saturated rings. The third-order valence-electron chi connectivity index (χ3n) is 4.66. The normalized spacial score (nSPS) is 16.0. The number of carbonyl (C=O) groups is 1. The number of benzene rings is 2. The molecule has 0 spiro atoms. The van der Waals surface area contributed by atoms with E-state index in [1.54, 1.807) is 0 Å². The zero-order valence-corrected chi connectivity index (χ0v) is 15.5. The Balaban J connectivity index is 2.04. The first-order chi connectivity index (χ1) is 14.4. The number of hydrogen-bond acceptors (Lipinski definition) is 4. The predicted molar refractivity (Wildman–Crippen MR) is 99.2 cm³/mol. The van der Waals surface area contributed by atoms with E-state index in [2.05, 4.69) is 4.98 Å². The van der Waals surface area contributed by atoms with Crippen molar-refractivity contribution < 1.29 is 31.8 Å². The van der Waals surface area contributed by atoms with Gasteiger partial charge in [0.1, 0.15) is 29.0 Å². The number of methoxy groups -OCH3 is 1. The molecule has 0 amide bonds. The van der Waals surface area contributed by atoms with Crippen LogP contribution in [-0.2, 0) is 9.53 Å². The number of halogens is 4. The summed E-state index contributed by atoms with van der Waals surface area (Å²) >= 11 is 0. The highest BCUT2D eigenvalue weighted by atomic mass is 19.1. The van der Waals surface area contributed by atoms with Gasteiger partial charge in [0, 0.05) is 35.0 Å². The molecule has 0 N–H and O–H groups in total. The van der Waals surface area contributed by atoms with Crippen molar-refractivity contribution in [2.45, 2.75) is 6.10 Å². The molecule has 2 heterocycles. The van der Waals surface area contributed by atoms with Crippen molar-refractivity contribution in [3.05, 3.63) is 94.8 Å². The van der Waals surface area contributed by atoms with Crippen LogP contribution >= 0.6 is 0 Å². The topological polar surface area (TPSA) is 48.4 Å². The summed E-state index contributed by atoms with van der Waals surface area (Å²) in [5.41, 5.74) is -1.04. The molecule has 0 bridgehead atoms. The fourth-order valence-electron chi connectivity index (χ4n) is 3.36. The number of ether oxygens (including phenoxy) is 2. The zero-order chi connectivity index (χ0) is 21.4. The van der Waals surface area contributed by atoms with Crippen LogP contribution in [0.15, 0.2) is 54.9 Å². The standard InChI is InChI=1S/C22H13F4NO3/c1-29-13-6-11(9-27-10-13)18-20(19-16(25)7-12(23)8-17(19)26)22(28)30-21(18)14-4-2-3-5-15(14)24/h2-10,21H,1H3. The van der Waals surface area contributed by atoms with Gasteiger partial charge in [-0.15, -0.1) is 0 Å². The highest BCUT2D eigenvalue weighted by molar-refractivity contribution is 6.28. The van der Waals surface area contributed by atoms with Crippen LogP contribution in [0.4, 0.5) is 17.6 Å². The van der Waals surface area contributed by atoms with E-state index in [1.807, 2.05) is 0 Å². The summed E-state index contributed by atoms with van der Waals surface area (Å²) in [5, 5.41) is 0. The molecular formula is C22H13F4NO3. The maximum Gasteiger partial charge on any atom is 0.340 e. The summed E-state index contributed by atoms with van der Waals surface area (Å²) in [6.07, 6.45) is 1.41. The quantitative estimate of drug-likeness (QED) is 0.451. The van der Waals surface area contributed by atoms with Crippen molar-refractivity contribution >= 4 is 17.1 Å². The third kappa shape index (κ3) is 3.30. The minimum Gasteiger partial charge on any atom is -0.495 e. The van der Waals surface area contributed by atoms with E-state index < -0.39 is 46.5 Å². The van der Waals surface area contributed by atoms with Gasteiger partial charge in [0.05, 0.1) is 24.4 Å². The van der Waals surface area contributed by atoms with Gasteiger partial charge in [-0.3, -0.25) is 4.98 Å². The highest BCUT2D eigenvalue weighted by Gasteiger charge is 2.40. The van der Waals surface area contributed by atoms with Crippen LogP contribution in [0.1, 0.15) is 22.8 Å². The first-order valence-corrected chi connectivity index (χ1v) is 8.74.